The Morgan fingerprint density at radius 3 is 2.24 bits per heavy atom. The number of benzene rings is 2. The number of aromatic nitrogens is 3. The van der Waals surface area contributed by atoms with Gasteiger partial charge in [-0.15, -0.1) is 10.2 Å². The normalized spacial score (nSPS) is 14.7. The van der Waals surface area contributed by atoms with Gasteiger partial charge in [-0.3, -0.25) is 13.4 Å². The molecule has 0 spiro atoms. The average molecular weight is 614 g/mol. The first-order valence-corrected chi connectivity index (χ1v) is 16.5. The molecule has 0 aliphatic carbocycles. The van der Waals surface area contributed by atoms with Gasteiger partial charge in [-0.1, -0.05) is 23.2 Å². The molecule has 0 amide bonds. The summed E-state index contributed by atoms with van der Waals surface area (Å²) >= 11 is 13.9. The predicted octanol–water partition coefficient (Wildman–Crippen LogP) is 4.61. The van der Waals surface area contributed by atoms with Crippen LogP contribution in [0.3, 0.4) is 0 Å². The Balaban J connectivity index is 1.51. The number of fused-ring (bicyclic) bond motifs is 1. The highest BCUT2D eigenvalue weighted by Gasteiger charge is 2.32. The van der Waals surface area contributed by atoms with Gasteiger partial charge in [0.15, 0.2) is 11.6 Å². The van der Waals surface area contributed by atoms with E-state index in [2.05, 4.69) is 15.1 Å². The molecule has 1 saturated heterocycles. The van der Waals surface area contributed by atoms with Crippen LogP contribution in [0.5, 0.6) is 0 Å². The molecule has 15 heteroatoms. The third-order valence-corrected chi connectivity index (χ3v) is 9.89. The summed E-state index contributed by atoms with van der Waals surface area (Å²) in [5.41, 5.74) is 0.781. The van der Waals surface area contributed by atoms with Crippen LogP contribution in [0, 0.1) is 0 Å². The zero-order valence-corrected chi connectivity index (χ0v) is 23.7. The van der Waals surface area contributed by atoms with Crippen molar-refractivity contribution in [2.24, 2.45) is 0 Å². The van der Waals surface area contributed by atoms with Gasteiger partial charge in [-0.2, -0.15) is 11.8 Å². The van der Waals surface area contributed by atoms with E-state index < -0.39 is 23.9 Å². The van der Waals surface area contributed by atoms with Gasteiger partial charge in [0, 0.05) is 46.2 Å². The van der Waals surface area contributed by atoms with Crippen LogP contribution in [0.25, 0.3) is 16.7 Å². The lowest BCUT2D eigenvalue weighted by molar-refractivity contribution is 0.373. The van der Waals surface area contributed by atoms with Crippen LogP contribution in [0.4, 0.5) is 11.5 Å². The Kier molecular flexibility index (Phi) is 7.67. The molecule has 1 fully saturated rings. The Labute approximate surface area is 233 Å². The zero-order chi connectivity index (χ0) is 27.1. The lowest BCUT2D eigenvalue weighted by atomic mass is 10.2. The van der Waals surface area contributed by atoms with Gasteiger partial charge in [0.25, 0.3) is 10.0 Å². The number of hydrogen-bond donors (Lipinski definition) is 2. The van der Waals surface area contributed by atoms with Crippen molar-refractivity contribution in [1.29, 1.82) is 0 Å². The molecule has 1 aliphatic heterocycles. The fourth-order valence-corrected chi connectivity index (χ4v) is 8.47. The van der Waals surface area contributed by atoms with E-state index in [1.54, 1.807) is 29.0 Å². The van der Waals surface area contributed by atoms with E-state index in [1.807, 2.05) is 23.9 Å². The molecule has 5 rings (SSSR count). The van der Waals surface area contributed by atoms with Crippen LogP contribution in [0.15, 0.2) is 65.7 Å². The standard InChI is InChI=1S/C23H22Cl2N5O5PS2/c24-17-12-18(25)14-20(13-17)38(34,35)30(15-36(31,32)33)19-1-2-21-16(11-19)5-6-29(21)23-4-3-22(26-27-23)28-7-9-37-10-8-28/h1-6,11-14H,7-10,15H2,(H2,31,32,33). The highest BCUT2D eigenvalue weighted by molar-refractivity contribution is 7.99. The second-order valence-corrected chi connectivity index (χ2v) is 14.1. The summed E-state index contributed by atoms with van der Waals surface area (Å²) < 4.78 is 41.4. The molecular formula is C23H22Cl2N5O5PS2. The highest BCUT2D eigenvalue weighted by Crippen LogP contribution is 2.40. The predicted molar refractivity (Wildman–Crippen MR) is 151 cm³/mol. The van der Waals surface area contributed by atoms with Gasteiger partial charge < -0.3 is 14.7 Å². The first-order valence-electron chi connectivity index (χ1n) is 11.3. The van der Waals surface area contributed by atoms with Crippen molar-refractivity contribution in [2.45, 2.75) is 4.90 Å². The summed E-state index contributed by atoms with van der Waals surface area (Å²) in [7, 11) is -9.22. The van der Waals surface area contributed by atoms with Crippen molar-refractivity contribution in [1.82, 2.24) is 14.8 Å². The molecule has 0 atom stereocenters. The molecule has 4 aromatic rings. The molecule has 200 valence electrons. The van der Waals surface area contributed by atoms with Gasteiger partial charge >= 0.3 is 7.60 Å². The van der Waals surface area contributed by atoms with Crippen molar-refractivity contribution in [3.8, 4) is 5.82 Å². The number of hydrogen-bond acceptors (Lipinski definition) is 7. The van der Waals surface area contributed by atoms with E-state index >= 15 is 0 Å². The molecule has 0 saturated carbocycles. The molecule has 2 N–H and O–H groups in total. The van der Waals surface area contributed by atoms with E-state index in [4.69, 9.17) is 23.2 Å². The molecule has 0 unspecified atom stereocenters. The van der Waals surface area contributed by atoms with Crippen LogP contribution in [0.2, 0.25) is 10.0 Å². The molecule has 0 radical (unpaired) electrons. The quantitative estimate of drug-likeness (QED) is 0.287. The monoisotopic (exact) mass is 613 g/mol. The van der Waals surface area contributed by atoms with Crippen LogP contribution in [0.1, 0.15) is 0 Å². The van der Waals surface area contributed by atoms with Crippen molar-refractivity contribution in [3.05, 3.63) is 70.8 Å². The van der Waals surface area contributed by atoms with Crippen molar-refractivity contribution >= 4 is 75.0 Å². The minimum Gasteiger partial charge on any atom is -0.353 e. The Bertz CT molecular complexity index is 1620. The summed E-state index contributed by atoms with van der Waals surface area (Å²) in [4.78, 5) is 21.3. The third-order valence-electron chi connectivity index (χ3n) is 5.92. The largest absolute Gasteiger partial charge is 0.353 e. The molecular weight excluding hydrogens is 592 g/mol. The van der Waals surface area contributed by atoms with Gasteiger partial charge in [0.1, 0.15) is 6.29 Å². The number of halogens is 2. The number of thioether (sulfide) groups is 1. The fourth-order valence-electron chi connectivity index (χ4n) is 4.16. The second-order valence-electron chi connectivity index (χ2n) is 8.54. The van der Waals surface area contributed by atoms with E-state index in [0.717, 1.165) is 30.4 Å². The maximum absolute atomic E-state index is 13.5. The average Bonchev–Trinajstić information content (AvgIpc) is 3.30. The van der Waals surface area contributed by atoms with E-state index in [9.17, 15) is 22.8 Å². The van der Waals surface area contributed by atoms with Crippen LogP contribution in [-0.4, -0.2) is 63.9 Å². The number of nitrogens with zero attached hydrogens (tertiary/aromatic N) is 5. The summed E-state index contributed by atoms with van der Waals surface area (Å²) in [6.45, 7) is 1.84. The molecule has 1 aliphatic rings. The van der Waals surface area contributed by atoms with Crippen LogP contribution < -0.4 is 9.21 Å². The molecule has 2 aromatic heterocycles. The van der Waals surface area contributed by atoms with E-state index in [1.165, 1.54) is 24.3 Å². The minimum atomic E-state index is -4.80. The highest BCUT2D eigenvalue weighted by atomic mass is 35.5. The number of sulfonamides is 1. The van der Waals surface area contributed by atoms with Crippen LogP contribution >= 0.6 is 42.6 Å². The SMILES string of the molecule is O=P(O)(O)CN(c1ccc2c(ccn2-c2ccc(N3CCSCC3)nn2)c1)S(=O)(=O)c1cc(Cl)cc(Cl)c1. The smallest absolute Gasteiger partial charge is 0.345 e. The van der Waals surface area contributed by atoms with Gasteiger partial charge in [-0.05, 0) is 54.6 Å². The summed E-state index contributed by atoms with van der Waals surface area (Å²) in [5.74, 6) is 3.49. The first-order chi connectivity index (χ1) is 18.0. The Hall–Kier alpha value is -2.31. The summed E-state index contributed by atoms with van der Waals surface area (Å²) in [6.07, 6.45) is 0.710. The number of rotatable bonds is 7. The fraction of sp³-hybridized carbons (Fsp3) is 0.217. The summed E-state index contributed by atoms with van der Waals surface area (Å²) in [6, 6.07) is 13.9. The molecule has 0 bridgehead atoms. The van der Waals surface area contributed by atoms with Gasteiger partial charge in [0.2, 0.25) is 0 Å². The van der Waals surface area contributed by atoms with Gasteiger partial charge in [0.05, 0.1) is 16.1 Å². The third kappa shape index (κ3) is 5.81. The maximum Gasteiger partial charge on any atom is 0.345 e. The van der Waals surface area contributed by atoms with Crippen molar-refractivity contribution < 1.29 is 22.8 Å². The molecule has 10 nitrogen and oxygen atoms in total. The molecule has 38 heavy (non-hydrogen) atoms. The summed E-state index contributed by atoms with van der Waals surface area (Å²) in [5, 5.41) is 9.55. The Morgan fingerprint density at radius 2 is 1.61 bits per heavy atom. The first kappa shape index (κ1) is 27.3. The zero-order valence-electron chi connectivity index (χ0n) is 19.7. The maximum atomic E-state index is 13.5. The Morgan fingerprint density at radius 1 is 0.947 bits per heavy atom. The minimum absolute atomic E-state index is 0.0686. The van der Waals surface area contributed by atoms with Crippen LogP contribution in [-0.2, 0) is 14.6 Å². The van der Waals surface area contributed by atoms with Crippen molar-refractivity contribution in [3.63, 3.8) is 0 Å². The lowest BCUT2D eigenvalue weighted by Crippen LogP contribution is -2.33. The molecule has 3 heterocycles. The van der Waals surface area contributed by atoms with E-state index in [0.29, 0.717) is 21.0 Å². The van der Waals surface area contributed by atoms with Crippen molar-refractivity contribution in [2.75, 3.05) is 40.1 Å². The lowest BCUT2D eigenvalue weighted by Gasteiger charge is -2.26. The van der Waals surface area contributed by atoms with Gasteiger partial charge in [-0.25, -0.2) is 8.42 Å². The molecule has 2 aromatic carbocycles. The number of anilines is 2. The topological polar surface area (TPSA) is 129 Å². The van der Waals surface area contributed by atoms with E-state index in [-0.39, 0.29) is 20.6 Å². The second kappa shape index (κ2) is 10.7.